The van der Waals surface area contributed by atoms with Gasteiger partial charge in [0.1, 0.15) is 17.1 Å². The molecule has 0 spiro atoms. The number of benzene rings is 3. The third kappa shape index (κ3) is 4.75. The summed E-state index contributed by atoms with van der Waals surface area (Å²) in [7, 11) is 1.59. The number of carbonyl (C=O) groups is 1. The second-order valence-corrected chi connectivity index (χ2v) is 8.29. The summed E-state index contributed by atoms with van der Waals surface area (Å²) in [5, 5.41) is 3.76. The molecule has 0 radical (unpaired) electrons. The van der Waals surface area contributed by atoms with Crippen LogP contribution in [0.25, 0.3) is 27.7 Å². The highest BCUT2D eigenvalue weighted by atomic mass is 79.9. The van der Waals surface area contributed by atoms with Crippen LogP contribution in [0.5, 0.6) is 5.75 Å². The molecule has 32 heavy (non-hydrogen) atoms. The molecule has 0 unspecified atom stereocenters. The Balaban J connectivity index is 1.62. The number of ether oxygens (including phenoxy) is 1. The van der Waals surface area contributed by atoms with Crippen LogP contribution in [0.15, 0.2) is 81.9 Å². The highest BCUT2D eigenvalue weighted by Crippen LogP contribution is 2.37. The summed E-state index contributed by atoms with van der Waals surface area (Å²) >= 11 is 3.46. The van der Waals surface area contributed by atoms with Crippen LogP contribution in [0.2, 0.25) is 0 Å². The first-order valence-electron chi connectivity index (χ1n) is 10.0. The molecule has 0 fully saturated rings. The molecular weight excluding hydrogens is 473 g/mol. The standard InChI is InChI=1S/C26H21BrFNO3/c1-16(11-26(30)29-14-17-3-9-20(28)10-4-17)21-12-22-23(18-5-7-19(27)8-6-18)15-32-25(22)13-24(21)31-2/h3-13,15H,14H2,1-2H3,(H,29,30)/b16-11+. The fraction of sp³-hybridized carbons (Fsp3) is 0.115. The van der Waals surface area contributed by atoms with Gasteiger partial charge in [0, 0.05) is 39.7 Å². The number of methoxy groups -OCH3 is 1. The minimum Gasteiger partial charge on any atom is -0.496 e. The second-order valence-electron chi connectivity index (χ2n) is 7.38. The summed E-state index contributed by atoms with van der Waals surface area (Å²) in [5.74, 6) is 0.0728. The molecule has 0 aliphatic heterocycles. The fourth-order valence-corrected chi connectivity index (χ4v) is 3.77. The molecule has 4 aromatic rings. The third-order valence-electron chi connectivity index (χ3n) is 5.20. The van der Waals surface area contributed by atoms with E-state index in [0.29, 0.717) is 17.9 Å². The molecule has 0 saturated heterocycles. The smallest absolute Gasteiger partial charge is 0.244 e. The van der Waals surface area contributed by atoms with E-state index in [4.69, 9.17) is 9.15 Å². The minimum absolute atomic E-state index is 0.241. The summed E-state index contributed by atoms with van der Waals surface area (Å²) in [6.07, 6.45) is 3.26. The molecule has 0 aliphatic rings. The lowest BCUT2D eigenvalue weighted by molar-refractivity contribution is -0.116. The van der Waals surface area contributed by atoms with Crippen molar-refractivity contribution in [3.63, 3.8) is 0 Å². The van der Waals surface area contributed by atoms with Crippen molar-refractivity contribution in [3.05, 3.63) is 94.4 Å². The first-order chi connectivity index (χ1) is 15.4. The summed E-state index contributed by atoms with van der Waals surface area (Å²) < 4.78 is 25.4. The molecule has 6 heteroatoms. The monoisotopic (exact) mass is 493 g/mol. The van der Waals surface area contributed by atoms with Crippen LogP contribution in [-0.4, -0.2) is 13.0 Å². The Morgan fingerprint density at radius 1 is 1.12 bits per heavy atom. The largest absolute Gasteiger partial charge is 0.496 e. The van der Waals surface area contributed by atoms with E-state index < -0.39 is 0 Å². The van der Waals surface area contributed by atoms with Crippen molar-refractivity contribution < 1.29 is 18.3 Å². The lowest BCUT2D eigenvalue weighted by atomic mass is 9.99. The van der Waals surface area contributed by atoms with Gasteiger partial charge in [-0.05, 0) is 54.0 Å². The van der Waals surface area contributed by atoms with Crippen LogP contribution in [0.4, 0.5) is 4.39 Å². The second kappa shape index (κ2) is 9.40. The molecule has 1 heterocycles. The average molecular weight is 494 g/mol. The van der Waals surface area contributed by atoms with Crippen LogP contribution >= 0.6 is 15.9 Å². The Kier molecular flexibility index (Phi) is 6.42. The molecule has 1 amide bonds. The maximum atomic E-state index is 13.0. The molecule has 4 nitrogen and oxygen atoms in total. The Hall–Kier alpha value is -3.38. The number of nitrogens with one attached hydrogen (secondary N) is 1. The van der Waals surface area contributed by atoms with Gasteiger partial charge in [-0.15, -0.1) is 0 Å². The first-order valence-corrected chi connectivity index (χ1v) is 10.8. The van der Waals surface area contributed by atoms with Gasteiger partial charge >= 0.3 is 0 Å². The predicted molar refractivity (Wildman–Crippen MR) is 128 cm³/mol. The number of hydrogen-bond acceptors (Lipinski definition) is 3. The molecule has 0 atom stereocenters. The maximum Gasteiger partial charge on any atom is 0.244 e. The van der Waals surface area contributed by atoms with Crippen molar-refractivity contribution in [1.29, 1.82) is 0 Å². The highest BCUT2D eigenvalue weighted by molar-refractivity contribution is 9.10. The van der Waals surface area contributed by atoms with E-state index in [2.05, 4.69) is 21.2 Å². The Bertz CT molecular complexity index is 1290. The van der Waals surface area contributed by atoms with E-state index in [0.717, 1.165) is 37.7 Å². The van der Waals surface area contributed by atoms with Crippen molar-refractivity contribution in [2.75, 3.05) is 7.11 Å². The van der Waals surface area contributed by atoms with E-state index in [9.17, 15) is 9.18 Å². The quantitative estimate of drug-likeness (QED) is 0.303. The van der Waals surface area contributed by atoms with E-state index in [1.54, 1.807) is 25.5 Å². The van der Waals surface area contributed by atoms with Crippen LogP contribution < -0.4 is 10.1 Å². The van der Waals surface area contributed by atoms with Crippen molar-refractivity contribution in [2.24, 2.45) is 0 Å². The normalized spacial score (nSPS) is 11.6. The molecule has 1 aromatic heterocycles. The zero-order valence-corrected chi connectivity index (χ0v) is 19.2. The summed E-state index contributed by atoms with van der Waals surface area (Å²) in [6.45, 7) is 2.18. The average Bonchev–Trinajstić information content (AvgIpc) is 3.21. The fourth-order valence-electron chi connectivity index (χ4n) is 3.50. The lowest BCUT2D eigenvalue weighted by Crippen LogP contribution is -2.20. The van der Waals surface area contributed by atoms with Gasteiger partial charge in [-0.25, -0.2) is 4.39 Å². The van der Waals surface area contributed by atoms with Crippen LogP contribution in [0, 0.1) is 5.82 Å². The molecule has 0 bridgehead atoms. The van der Waals surface area contributed by atoms with Gasteiger partial charge in [0.2, 0.25) is 5.91 Å². The van der Waals surface area contributed by atoms with E-state index in [1.807, 2.05) is 43.3 Å². The lowest BCUT2D eigenvalue weighted by Gasteiger charge is -2.10. The van der Waals surface area contributed by atoms with Gasteiger partial charge < -0.3 is 14.5 Å². The minimum atomic E-state index is -0.306. The van der Waals surface area contributed by atoms with Gasteiger partial charge in [-0.2, -0.15) is 0 Å². The summed E-state index contributed by atoms with van der Waals surface area (Å²) in [4.78, 5) is 12.5. The first kappa shape index (κ1) is 21.8. The van der Waals surface area contributed by atoms with E-state index in [-0.39, 0.29) is 11.7 Å². The number of fused-ring (bicyclic) bond motifs is 1. The number of furan rings is 1. The van der Waals surface area contributed by atoms with Crippen LogP contribution in [0.1, 0.15) is 18.1 Å². The molecule has 4 rings (SSSR count). The SMILES string of the molecule is COc1cc2occ(-c3ccc(Br)cc3)c2cc1/C(C)=C/C(=O)NCc1ccc(F)cc1. The zero-order valence-electron chi connectivity index (χ0n) is 17.6. The van der Waals surface area contributed by atoms with Gasteiger partial charge in [-0.1, -0.05) is 40.2 Å². The Morgan fingerprint density at radius 2 is 1.84 bits per heavy atom. The Morgan fingerprint density at radius 3 is 2.53 bits per heavy atom. The number of amides is 1. The van der Waals surface area contributed by atoms with E-state index >= 15 is 0 Å². The van der Waals surface area contributed by atoms with Gasteiger partial charge in [-0.3, -0.25) is 4.79 Å². The number of halogens is 2. The summed E-state index contributed by atoms with van der Waals surface area (Å²) in [5.41, 5.74) is 5.08. The summed E-state index contributed by atoms with van der Waals surface area (Å²) in [6, 6.07) is 17.8. The van der Waals surface area contributed by atoms with Gasteiger partial charge in [0.15, 0.2) is 0 Å². The molecule has 3 aromatic carbocycles. The molecule has 162 valence electrons. The topological polar surface area (TPSA) is 51.5 Å². The molecular formula is C26H21BrFNO3. The van der Waals surface area contributed by atoms with Crippen molar-refractivity contribution in [3.8, 4) is 16.9 Å². The van der Waals surface area contributed by atoms with Gasteiger partial charge in [0.05, 0.1) is 13.4 Å². The number of hydrogen-bond donors (Lipinski definition) is 1. The van der Waals surface area contributed by atoms with Crippen molar-refractivity contribution in [2.45, 2.75) is 13.5 Å². The van der Waals surface area contributed by atoms with Crippen molar-refractivity contribution in [1.82, 2.24) is 5.32 Å². The number of carbonyl (C=O) groups excluding carboxylic acids is 1. The van der Waals surface area contributed by atoms with E-state index in [1.165, 1.54) is 18.2 Å². The highest BCUT2D eigenvalue weighted by Gasteiger charge is 2.15. The Labute approximate surface area is 193 Å². The number of rotatable bonds is 6. The molecule has 0 aliphatic carbocycles. The maximum absolute atomic E-state index is 13.0. The zero-order chi connectivity index (χ0) is 22.7. The number of allylic oxidation sites excluding steroid dienone is 1. The van der Waals surface area contributed by atoms with Crippen LogP contribution in [0.3, 0.4) is 0 Å². The molecule has 1 N–H and O–H groups in total. The predicted octanol–water partition coefficient (Wildman–Crippen LogP) is 6.73. The third-order valence-corrected chi connectivity index (χ3v) is 5.73. The van der Waals surface area contributed by atoms with Crippen LogP contribution in [-0.2, 0) is 11.3 Å². The van der Waals surface area contributed by atoms with Crippen molar-refractivity contribution >= 4 is 38.4 Å². The van der Waals surface area contributed by atoms with Gasteiger partial charge in [0.25, 0.3) is 0 Å². The molecule has 0 saturated carbocycles.